The zero-order chi connectivity index (χ0) is 14.8. The van der Waals surface area contributed by atoms with E-state index in [4.69, 9.17) is 4.42 Å². The summed E-state index contributed by atoms with van der Waals surface area (Å²) < 4.78 is 5.69. The highest BCUT2D eigenvalue weighted by Crippen LogP contribution is 2.24. The van der Waals surface area contributed by atoms with Gasteiger partial charge in [0.15, 0.2) is 0 Å². The third-order valence-electron chi connectivity index (χ3n) is 3.35. The predicted molar refractivity (Wildman–Crippen MR) is 81.4 cm³/mol. The van der Waals surface area contributed by atoms with Gasteiger partial charge in [-0.15, -0.1) is 0 Å². The number of nitro groups is 1. The van der Waals surface area contributed by atoms with Crippen LogP contribution in [0.25, 0.3) is 11.0 Å². The molecule has 0 fully saturated rings. The molecular weight excluding hydrogens is 268 g/mol. The standard InChI is InChI=1S/C16H14N2O3/c1-11-6-7-13(9-15(11)18(19)20)17-10-14-8-12-4-2-3-5-16(12)21-14/h2-9,17H,10H2,1H3. The SMILES string of the molecule is Cc1ccc(NCc2cc3ccccc3o2)cc1[N+](=O)[O-]. The second-order valence-corrected chi connectivity index (χ2v) is 4.86. The fraction of sp³-hybridized carbons (Fsp3) is 0.125. The molecule has 3 rings (SSSR count). The van der Waals surface area contributed by atoms with Gasteiger partial charge in [-0.25, -0.2) is 0 Å². The summed E-state index contributed by atoms with van der Waals surface area (Å²) in [6.45, 7) is 2.20. The Morgan fingerprint density at radius 1 is 1.19 bits per heavy atom. The highest BCUT2D eigenvalue weighted by molar-refractivity contribution is 5.77. The molecule has 0 unspecified atom stereocenters. The Morgan fingerprint density at radius 2 is 2.00 bits per heavy atom. The van der Waals surface area contributed by atoms with Gasteiger partial charge < -0.3 is 9.73 Å². The van der Waals surface area contributed by atoms with Crippen LogP contribution in [-0.4, -0.2) is 4.92 Å². The molecule has 0 radical (unpaired) electrons. The molecule has 1 aromatic heterocycles. The van der Waals surface area contributed by atoms with E-state index in [9.17, 15) is 10.1 Å². The first-order valence-corrected chi connectivity index (χ1v) is 6.60. The van der Waals surface area contributed by atoms with E-state index in [0.717, 1.165) is 16.7 Å². The fourth-order valence-corrected chi connectivity index (χ4v) is 2.23. The van der Waals surface area contributed by atoms with Crippen LogP contribution in [-0.2, 0) is 6.54 Å². The summed E-state index contributed by atoms with van der Waals surface area (Å²) >= 11 is 0. The molecule has 1 heterocycles. The van der Waals surface area contributed by atoms with Gasteiger partial charge in [0.2, 0.25) is 0 Å². The van der Waals surface area contributed by atoms with Crippen molar-refractivity contribution in [2.75, 3.05) is 5.32 Å². The lowest BCUT2D eigenvalue weighted by molar-refractivity contribution is -0.385. The van der Waals surface area contributed by atoms with E-state index in [0.29, 0.717) is 17.8 Å². The average Bonchev–Trinajstić information content (AvgIpc) is 2.89. The maximum atomic E-state index is 10.9. The lowest BCUT2D eigenvalue weighted by Gasteiger charge is -2.05. The van der Waals surface area contributed by atoms with E-state index >= 15 is 0 Å². The number of rotatable bonds is 4. The van der Waals surface area contributed by atoms with Crippen molar-refractivity contribution in [2.24, 2.45) is 0 Å². The van der Waals surface area contributed by atoms with Gasteiger partial charge in [0.1, 0.15) is 11.3 Å². The zero-order valence-electron chi connectivity index (χ0n) is 11.5. The van der Waals surface area contributed by atoms with Crippen molar-refractivity contribution in [2.45, 2.75) is 13.5 Å². The van der Waals surface area contributed by atoms with E-state index in [-0.39, 0.29) is 10.6 Å². The lowest BCUT2D eigenvalue weighted by Crippen LogP contribution is -1.99. The maximum absolute atomic E-state index is 10.9. The van der Waals surface area contributed by atoms with E-state index in [1.54, 1.807) is 13.0 Å². The van der Waals surface area contributed by atoms with Gasteiger partial charge in [0, 0.05) is 22.7 Å². The molecule has 0 saturated heterocycles. The normalized spacial score (nSPS) is 10.7. The molecule has 106 valence electrons. The number of nitro benzene ring substituents is 1. The number of fused-ring (bicyclic) bond motifs is 1. The summed E-state index contributed by atoms with van der Waals surface area (Å²) in [4.78, 5) is 10.6. The van der Waals surface area contributed by atoms with Gasteiger partial charge in [0.05, 0.1) is 11.5 Å². The molecule has 0 saturated carbocycles. The summed E-state index contributed by atoms with van der Waals surface area (Å²) in [6.07, 6.45) is 0. The van der Waals surface area contributed by atoms with Crippen LogP contribution in [0.1, 0.15) is 11.3 Å². The maximum Gasteiger partial charge on any atom is 0.274 e. The molecule has 0 amide bonds. The highest BCUT2D eigenvalue weighted by atomic mass is 16.6. The van der Waals surface area contributed by atoms with Crippen LogP contribution in [0.4, 0.5) is 11.4 Å². The summed E-state index contributed by atoms with van der Waals surface area (Å²) in [5.74, 6) is 0.791. The first kappa shape index (κ1) is 13.2. The number of nitrogens with zero attached hydrogens (tertiary/aromatic N) is 1. The molecule has 0 aliphatic carbocycles. The predicted octanol–water partition coefficient (Wildman–Crippen LogP) is 4.26. The minimum Gasteiger partial charge on any atom is -0.459 e. The van der Waals surface area contributed by atoms with E-state index < -0.39 is 0 Å². The summed E-state index contributed by atoms with van der Waals surface area (Å²) in [6, 6.07) is 14.8. The van der Waals surface area contributed by atoms with Gasteiger partial charge in [-0.3, -0.25) is 10.1 Å². The summed E-state index contributed by atoms with van der Waals surface area (Å²) in [7, 11) is 0. The monoisotopic (exact) mass is 282 g/mol. The molecule has 0 atom stereocenters. The van der Waals surface area contributed by atoms with Crippen molar-refractivity contribution in [1.82, 2.24) is 0 Å². The van der Waals surface area contributed by atoms with E-state index in [2.05, 4.69) is 5.32 Å². The van der Waals surface area contributed by atoms with Crippen molar-refractivity contribution < 1.29 is 9.34 Å². The van der Waals surface area contributed by atoms with Crippen molar-refractivity contribution in [3.63, 3.8) is 0 Å². The first-order valence-electron chi connectivity index (χ1n) is 6.60. The third kappa shape index (κ3) is 2.72. The lowest BCUT2D eigenvalue weighted by atomic mass is 10.2. The average molecular weight is 282 g/mol. The minimum absolute atomic E-state index is 0.115. The van der Waals surface area contributed by atoms with Crippen LogP contribution in [0.2, 0.25) is 0 Å². The number of benzene rings is 2. The molecule has 5 heteroatoms. The van der Waals surface area contributed by atoms with E-state index in [1.165, 1.54) is 6.07 Å². The van der Waals surface area contributed by atoms with E-state index in [1.807, 2.05) is 36.4 Å². The smallest absolute Gasteiger partial charge is 0.274 e. The molecule has 21 heavy (non-hydrogen) atoms. The Morgan fingerprint density at radius 3 is 2.76 bits per heavy atom. The molecule has 3 aromatic rings. The molecule has 0 aliphatic heterocycles. The molecule has 2 aromatic carbocycles. The molecule has 0 aliphatic rings. The van der Waals surface area contributed by atoms with Gasteiger partial charge in [-0.05, 0) is 25.1 Å². The minimum atomic E-state index is -0.373. The van der Waals surface area contributed by atoms with Crippen LogP contribution >= 0.6 is 0 Å². The number of hydrogen-bond donors (Lipinski definition) is 1. The fourth-order valence-electron chi connectivity index (χ4n) is 2.23. The molecule has 5 nitrogen and oxygen atoms in total. The number of aryl methyl sites for hydroxylation is 1. The Balaban J connectivity index is 1.78. The van der Waals surface area contributed by atoms with Crippen LogP contribution < -0.4 is 5.32 Å². The second kappa shape index (κ2) is 5.28. The number of para-hydroxylation sites is 1. The molecular formula is C16H14N2O3. The van der Waals surface area contributed by atoms with Gasteiger partial charge in [-0.1, -0.05) is 24.3 Å². The Kier molecular flexibility index (Phi) is 3.31. The summed E-state index contributed by atoms with van der Waals surface area (Å²) in [5, 5.41) is 15.1. The van der Waals surface area contributed by atoms with Crippen LogP contribution in [0, 0.1) is 17.0 Å². The van der Waals surface area contributed by atoms with Crippen LogP contribution in [0.15, 0.2) is 52.9 Å². The van der Waals surface area contributed by atoms with Crippen molar-refractivity contribution in [1.29, 1.82) is 0 Å². The van der Waals surface area contributed by atoms with Crippen LogP contribution in [0.3, 0.4) is 0 Å². The first-order chi connectivity index (χ1) is 10.1. The Hall–Kier alpha value is -2.82. The van der Waals surface area contributed by atoms with Crippen LogP contribution in [0.5, 0.6) is 0 Å². The topological polar surface area (TPSA) is 68.3 Å². The summed E-state index contributed by atoms with van der Waals surface area (Å²) in [5.41, 5.74) is 2.30. The van der Waals surface area contributed by atoms with Gasteiger partial charge in [-0.2, -0.15) is 0 Å². The number of nitrogens with one attached hydrogen (secondary N) is 1. The largest absolute Gasteiger partial charge is 0.459 e. The highest BCUT2D eigenvalue weighted by Gasteiger charge is 2.11. The number of hydrogen-bond acceptors (Lipinski definition) is 4. The third-order valence-corrected chi connectivity index (χ3v) is 3.35. The number of furan rings is 1. The van der Waals surface area contributed by atoms with Gasteiger partial charge >= 0.3 is 0 Å². The Labute approximate surface area is 121 Å². The van der Waals surface area contributed by atoms with Crippen molar-refractivity contribution in [3.05, 3.63) is 70.0 Å². The zero-order valence-corrected chi connectivity index (χ0v) is 11.5. The molecule has 0 bridgehead atoms. The van der Waals surface area contributed by atoms with Crippen molar-refractivity contribution in [3.8, 4) is 0 Å². The second-order valence-electron chi connectivity index (χ2n) is 4.86. The quantitative estimate of drug-likeness (QED) is 0.573. The molecule has 1 N–H and O–H groups in total. The van der Waals surface area contributed by atoms with Crippen molar-refractivity contribution >= 4 is 22.3 Å². The molecule has 0 spiro atoms. The van der Waals surface area contributed by atoms with Gasteiger partial charge in [0.25, 0.3) is 5.69 Å². The Bertz CT molecular complexity index is 775. The number of anilines is 1.